The van der Waals surface area contributed by atoms with Gasteiger partial charge in [-0.2, -0.15) is 0 Å². The molecule has 0 bridgehead atoms. The van der Waals surface area contributed by atoms with Crippen molar-refractivity contribution >= 4 is 5.78 Å². The van der Waals surface area contributed by atoms with Crippen molar-refractivity contribution in [2.75, 3.05) is 26.7 Å². The van der Waals surface area contributed by atoms with E-state index in [4.69, 9.17) is 4.74 Å². The quantitative estimate of drug-likeness (QED) is 0.708. The van der Waals surface area contributed by atoms with E-state index in [2.05, 4.69) is 4.90 Å². The summed E-state index contributed by atoms with van der Waals surface area (Å²) >= 11 is 0. The third kappa shape index (κ3) is 2.79. The first-order valence-electron chi connectivity index (χ1n) is 6.07. The van der Waals surface area contributed by atoms with Gasteiger partial charge in [-0.3, -0.25) is 4.79 Å². The Morgan fingerprint density at radius 2 is 2.27 bits per heavy atom. The van der Waals surface area contributed by atoms with E-state index in [1.165, 1.54) is 12.8 Å². The number of likely N-dealkylation sites (tertiary alicyclic amines) is 1. The molecule has 2 rings (SSSR count). The standard InChI is InChI=1S/C12H21NO2/c1-15-11-5-3-7-13(9-11)8-10-4-2-6-12(10)14/h10-11H,2-9H2,1H3. The molecule has 1 aliphatic carbocycles. The van der Waals surface area contributed by atoms with Crippen molar-refractivity contribution in [3.63, 3.8) is 0 Å². The maximum atomic E-state index is 11.5. The Labute approximate surface area is 91.8 Å². The average molecular weight is 211 g/mol. The van der Waals surface area contributed by atoms with E-state index in [0.717, 1.165) is 38.9 Å². The van der Waals surface area contributed by atoms with E-state index in [1.54, 1.807) is 7.11 Å². The predicted molar refractivity (Wildman–Crippen MR) is 58.8 cm³/mol. The lowest BCUT2D eigenvalue weighted by molar-refractivity contribution is -0.121. The summed E-state index contributed by atoms with van der Waals surface area (Å²) < 4.78 is 5.39. The van der Waals surface area contributed by atoms with Crippen LogP contribution < -0.4 is 0 Å². The Hall–Kier alpha value is -0.410. The third-order valence-electron chi connectivity index (χ3n) is 3.71. The van der Waals surface area contributed by atoms with Crippen LogP contribution in [0.5, 0.6) is 0 Å². The summed E-state index contributed by atoms with van der Waals surface area (Å²) in [6.07, 6.45) is 5.78. The van der Waals surface area contributed by atoms with Gasteiger partial charge in [0.1, 0.15) is 5.78 Å². The smallest absolute Gasteiger partial charge is 0.137 e. The number of methoxy groups -OCH3 is 1. The van der Waals surface area contributed by atoms with E-state index in [1.807, 2.05) is 0 Å². The lowest BCUT2D eigenvalue weighted by Gasteiger charge is -2.33. The minimum atomic E-state index is 0.320. The van der Waals surface area contributed by atoms with Crippen molar-refractivity contribution in [3.8, 4) is 0 Å². The molecule has 3 nitrogen and oxygen atoms in total. The molecule has 1 heterocycles. The molecular weight excluding hydrogens is 190 g/mol. The summed E-state index contributed by atoms with van der Waals surface area (Å²) in [5.74, 6) is 0.801. The molecule has 15 heavy (non-hydrogen) atoms. The number of piperidine rings is 1. The van der Waals surface area contributed by atoms with Crippen molar-refractivity contribution in [1.82, 2.24) is 4.90 Å². The third-order valence-corrected chi connectivity index (χ3v) is 3.71. The molecule has 0 aromatic carbocycles. The Balaban J connectivity index is 1.80. The van der Waals surface area contributed by atoms with Crippen molar-refractivity contribution in [3.05, 3.63) is 0 Å². The minimum Gasteiger partial charge on any atom is -0.380 e. The molecule has 3 heteroatoms. The second-order valence-electron chi connectivity index (χ2n) is 4.81. The van der Waals surface area contributed by atoms with Crippen LogP contribution in [0.2, 0.25) is 0 Å². The van der Waals surface area contributed by atoms with Gasteiger partial charge in [-0.25, -0.2) is 0 Å². The fourth-order valence-corrected chi connectivity index (χ4v) is 2.76. The van der Waals surface area contributed by atoms with Crippen LogP contribution >= 0.6 is 0 Å². The number of hydrogen-bond acceptors (Lipinski definition) is 3. The molecule has 2 aliphatic rings. The summed E-state index contributed by atoms with van der Waals surface area (Å²) in [7, 11) is 1.79. The highest BCUT2D eigenvalue weighted by atomic mass is 16.5. The maximum Gasteiger partial charge on any atom is 0.137 e. The molecule has 0 N–H and O–H groups in total. The van der Waals surface area contributed by atoms with Crippen molar-refractivity contribution < 1.29 is 9.53 Å². The first-order valence-corrected chi connectivity index (χ1v) is 6.07. The van der Waals surface area contributed by atoms with Crippen molar-refractivity contribution in [2.24, 2.45) is 5.92 Å². The van der Waals surface area contributed by atoms with Crippen LogP contribution in [0, 0.1) is 5.92 Å². The first-order chi connectivity index (χ1) is 7.29. The number of rotatable bonds is 3. The molecule has 0 aromatic heterocycles. The molecule has 0 aromatic rings. The Morgan fingerprint density at radius 3 is 2.93 bits per heavy atom. The number of hydrogen-bond donors (Lipinski definition) is 0. The summed E-state index contributed by atoms with van der Waals surface area (Å²) in [6, 6.07) is 0. The zero-order chi connectivity index (χ0) is 10.7. The molecule has 0 spiro atoms. The fourth-order valence-electron chi connectivity index (χ4n) is 2.76. The number of ether oxygens (including phenoxy) is 1. The van der Waals surface area contributed by atoms with E-state index >= 15 is 0 Å². The second-order valence-corrected chi connectivity index (χ2v) is 4.81. The van der Waals surface area contributed by atoms with Crippen LogP contribution in [0.25, 0.3) is 0 Å². The lowest BCUT2D eigenvalue weighted by atomic mass is 10.0. The van der Waals surface area contributed by atoms with Gasteiger partial charge in [-0.05, 0) is 32.2 Å². The largest absolute Gasteiger partial charge is 0.380 e. The molecule has 1 aliphatic heterocycles. The number of Topliss-reactive ketones (excluding diaryl/α,β-unsaturated/α-hetero) is 1. The van der Waals surface area contributed by atoms with Gasteiger partial charge in [0.25, 0.3) is 0 Å². The van der Waals surface area contributed by atoms with Crippen molar-refractivity contribution in [1.29, 1.82) is 0 Å². The first kappa shape index (κ1) is 11.1. The molecule has 2 fully saturated rings. The number of carbonyl (C=O) groups is 1. The summed E-state index contributed by atoms with van der Waals surface area (Å²) in [5.41, 5.74) is 0. The van der Waals surface area contributed by atoms with Gasteiger partial charge in [-0.1, -0.05) is 0 Å². The number of nitrogens with zero attached hydrogens (tertiary/aromatic N) is 1. The second kappa shape index (κ2) is 5.08. The molecule has 86 valence electrons. The number of carbonyl (C=O) groups excluding carboxylic acids is 1. The highest BCUT2D eigenvalue weighted by Gasteiger charge is 2.28. The number of ketones is 1. The Bertz CT molecular complexity index is 230. The van der Waals surface area contributed by atoms with Crippen LogP contribution in [-0.4, -0.2) is 43.5 Å². The monoisotopic (exact) mass is 211 g/mol. The highest BCUT2D eigenvalue weighted by molar-refractivity contribution is 5.83. The van der Waals surface area contributed by atoms with E-state index in [9.17, 15) is 4.79 Å². The molecule has 1 saturated heterocycles. The van der Waals surface area contributed by atoms with Crippen LogP contribution in [0.3, 0.4) is 0 Å². The van der Waals surface area contributed by atoms with Gasteiger partial charge in [0.15, 0.2) is 0 Å². The maximum absolute atomic E-state index is 11.5. The molecule has 0 amide bonds. The van der Waals surface area contributed by atoms with Gasteiger partial charge in [0.05, 0.1) is 6.10 Å². The molecule has 0 radical (unpaired) electrons. The predicted octanol–water partition coefficient (Wildman–Crippen LogP) is 1.47. The summed E-state index contributed by atoms with van der Waals surface area (Å²) in [4.78, 5) is 13.9. The Kier molecular flexibility index (Phi) is 3.76. The normalized spacial score (nSPS) is 33.5. The van der Waals surface area contributed by atoms with Crippen LogP contribution in [-0.2, 0) is 9.53 Å². The zero-order valence-corrected chi connectivity index (χ0v) is 9.58. The molecule has 2 atom stereocenters. The van der Waals surface area contributed by atoms with Crippen LogP contribution in [0.1, 0.15) is 32.1 Å². The lowest BCUT2D eigenvalue weighted by Crippen LogP contribution is -2.42. The van der Waals surface area contributed by atoms with Gasteiger partial charge >= 0.3 is 0 Å². The topological polar surface area (TPSA) is 29.5 Å². The highest BCUT2D eigenvalue weighted by Crippen LogP contribution is 2.23. The molecule has 2 unspecified atom stereocenters. The summed E-state index contributed by atoms with van der Waals surface area (Å²) in [5, 5.41) is 0. The minimum absolute atomic E-state index is 0.320. The van der Waals surface area contributed by atoms with Gasteiger partial charge in [0.2, 0.25) is 0 Å². The Morgan fingerprint density at radius 1 is 1.40 bits per heavy atom. The van der Waals surface area contributed by atoms with Gasteiger partial charge in [0, 0.05) is 32.5 Å². The fraction of sp³-hybridized carbons (Fsp3) is 0.917. The van der Waals surface area contributed by atoms with Gasteiger partial charge in [-0.15, -0.1) is 0 Å². The molecular formula is C12H21NO2. The van der Waals surface area contributed by atoms with Crippen molar-refractivity contribution in [2.45, 2.75) is 38.2 Å². The summed E-state index contributed by atoms with van der Waals surface area (Å²) in [6.45, 7) is 3.13. The average Bonchev–Trinajstić information content (AvgIpc) is 2.65. The van der Waals surface area contributed by atoms with E-state index in [-0.39, 0.29) is 0 Å². The van der Waals surface area contributed by atoms with Crippen LogP contribution in [0.15, 0.2) is 0 Å². The van der Waals surface area contributed by atoms with E-state index < -0.39 is 0 Å². The molecule has 1 saturated carbocycles. The van der Waals surface area contributed by atoms with Crippen LogP contribution in [0.4, 0.5) is 0 Å². The van der Waals surface area contributed by atoms with E-state index in [0.29, 0.717) is 17.8 Å². The SMILES string of the molecule is COC1CCCN(CC2CCCC2=O)C1. The van der Waals surface area contributed by atoms with Gasteiger partial charge < -0.3 is 9.64 Å². The zero-order valence-electron chi connectivity index (χ0n) is 9.58.